The third-order valence-corrected chi connectivity index (χ3v) is 4.68. The number of nitrogens with one attached hydrogen (secondary N) is 3. The average Bonchev–Trinajstić information content (AvgIpc) is 2.86. The lowest BCUT2D eigenvalue weighted by atomic mass is 10.1. The van der Waals surface area contributed by atoms with Crippen molar-refractivity contribution < 1.29 is 24.2 Å². The van der Waals surface area contributed by atoms with Crippen LogP contribution in [0.3, 0.4) is 0 Å². The first kappa shape index (κ1) is 24.7. The van der Waals surface area contributed by atoms with Gasteiger partial charge >= 0.3 is 0 Å². The van der Waals surface area contributed by atoms with Crippen LogP contribution >= 0.6 is 12.2 Å². The monoisotopic (exact) mass is 495 g/mol. The second-order valence-corrected chi connectivity index (χ2v) is 7.29. The summed E-state index contributed by atoms with van der Waals surface area (Å²) < 4.78 is 5.73. The van der Waals surface area contributed by atoms with Crippen LogP contribution in [0.15, 0.2) is 72.8 Å². The van der Waals surface area contributed by atoms with Gasteiger partial charge in [-0.25, -0.2) is 0 Å². The first-order valence-corrected chi connectivity index (χ1v) is 10.3. The number of para-hydroxylation sites is 1. The second kappa shape index (κ2) is 11.3. The Morgan fingerprint density at radius 1 is 0.829 bits per heavy atom. The van der Waals surface area contributed by atoms with Gasteiger partial charge in [-0.1, -0.05) is 42.5 Å². The Labute approximate surface area is 203 Å². The number of benzene rings is 3. The summed E-state index contributed by atoms with van der Waals surface area (Å²) in [6.45, 7) is 0.238. The second-order valence-electron chi connectivity index (χ2n) is 6.89. The van der Waals surface area contributed by atoms with E-state index < -0.39 is 33.0 Å². The molecule has 35 heavy (non-hydrogen) atoms. The normalized spacial score (nSPS) is 10.1. The molecule has 0 fully saturated rings. The van der Waals surface area contributed by atoms with Crippen LogP contribution in [0.4, 0.5) is 11.4 Å². The molecule has 2 amide bonds. The van der Waals surface area contributed by atoms with Crippen molar-refractivity contribution in [3.05, 3.63) is 110 Å². The van der Waals surface area contributed by atoms with Crippen molar-refractivity contribution >= 4 is 40.5 Å². The van der Waals surface area contributed by atoms with Crippen LogP contribution in [0.5, 0.6) is 5.75 Å². The summed E-state index contributed by atoms with van der Waals surface area (Å²) in [4.78, 5) is 45.2. The van der Waals surface area contributed by atoms with E-state index in [2.05, 4.69) is 16.2 Å². The van der Waals surface area contributed by atoms with E-state index in [0.29, 0.717) is 5.75 Å². The first-order valence-electron chi connectivity index (χ1n) is 9.86. The third kappa shape index (κ3) is 6.79. The number of ether oxygens (including phenoxy) is 1. The number of nitrogens with zero attached hydrogens (tertiary/aromatic N) is 2. The van der Waals surface area contributed by atoms with Crippen LogP contribution in [0.25, 0.3) is 0 Å². The van der Waals surface area contributed by atoms with Crippen LogP contribution in [0, 0.1) is 20.2 Å². The zero-order valence-corrected chi connectivity index (χ0v) is 18.6. The summed E-state index contributed by atoms with van der Waals surface area (Å²) in [7, 11) is 0. The van der Waals surface area contributed by atoms with Crippen molar-refractivity contribution in [3.8, 4) is 5.75 Å². The molecule has 0 unspecified atom stereocenters. The number of nitro benzene ring substituents is 2. The predicted molar refractivity (Wildman–Crippen MR) is 128 cm³/mol. The maximum absolute atomic E-state index is 12.6. The standard InChI is InChI=1S/C22H17N5O7S/c28-20(15-10-16(26(30)31)12-17(11-15)27(32)33)23-22(35)25-24-21(29)18-8-4-5-9-19(18)34-13-14-6-2-1-3-7-14/h1-12H,13H2,(H,24,29)(H2,23,25,28,35). The Kier molecular flexibility index (Phi) is 7.98. The molecule has 0 heterocycles. The molecule has 0 aliphatic carbocycles. The van der Waals surface area contributed by atoms with Crippen molar-refractivity contribution in [1.82, 2.24) is 16.2 Å². The fourth-order valence-electron chi connectivity index (χ4n) is 2.84. The number of hydrogen-bond donors (Lipinski definition) is 3. The summed E-state index contributed by atoms with van der Waals surface area (Å²) >= 11 is 4.96. The highest BCUT2D eigenvalue weighted by Gasteiger charge is 2.20. The van der Waals surface area contributed by atoms with Crippen molar-refractivity contribution in [3.63, 3.8) is 0 Å². The van der Waals surface area contributed by atoms with Gasteiger partial charge in [0.25, 0.3) is 23.2 Å². The molecule has 0 radical (unpaired) electrons. The van der Waals surface area contributed by atoms with E-state index in [0.717, 1.165) is 23.8 Å². The molecule has 0 atom stereocenters. The molecule has 13 heteroatoms. The summed E-state index contributed by atoms with van der Waals surface area (Å²) in [5, 5.41) is 23.8. The van der Waals surface area contributed by atoms with Crippen molar-refractivity contribution in [2.75, 3.05) is 0 Å². The SMILES string of the molecule is O=C(NC(=S)NNC(=O)c1ccccc1OCc1ccccc1)c1cc([N+](=O)[O-])cc([N+](=O)[O-])c1. The third-order valence-electron chi connectivity index (χ3n) is 4.47. The van der Waals surface area contributed by atoms with Gasteiger partial charge in [-0.3, -0.25) is 46.0 Å². The fourth-order valence-corrected chi connectivity index (χ4v) is 2.98. The largest absolute Gasteiger partial charge is 0.488 e. The minimum absolute atomic E-state index is 0.194. The lowest BCUT2D eigenvalue weighted by Crippen LogP contribution is -2.48. The molecular weight excluding hydrogens is 478 g/mol. The van der Waals surface area contributed by atoms with Gasteiger partial charge in [-0.2, -0.15) is 0 Å². The van der Waals surface area contributed by atoms with Gasteiger partial charge < -0.3 is 4.74 Å². The summed E-state index contributed by atoms with van der Waals surface area (Å²) in [5.41, 5.74) is 4.12. The van der Waals surface area contributed by atoms with E-state index in [1.54, 1.807) is 18.2 Å². The van der Waals surface area contributed by atoms with Gasteiger partial charge in [0.15, 0.2) is 5.11 Å². The van der Waals surface area contributed by atoms with Crippen LogP contribution < -0.4 is 20.9 Å². The number of nitro groups is 2. The molecule has 0 saturated heterocycles. The van der Waals surface area contributed by atoms with Crippen LogP contribution in [-0.2, 0) is 6.61 Å². The molecule has 0 aliphatic heterocycles. The molecule has 3 aromatic rings. The van der Waals surface area contributed by atoms with Gasteiger partial charge in [-0.05, 0) is 29.9 Å². The molecule has 0 bridgehead atoms. The van der Waals surface area contributed by atoms with Gasteiger partial charge in [0.1, 0.15) is 12.4 Å². The van der Waals surface area contributed by atoms with Crippen LogP contribution in [0.2, 0.25) is 0 Å². The predicted octanol–water partition coefficient (Wildman–Crippen LogP) is 3.03. The van der Waals surface area contributed by atoms with Gasteiger partial charge in [0.2, 0.25) is 0 Å². The Morgan fingerprint density at radius 3 is 2.06 bits per heavy atom. The highest BCUT2D eigenvalue weighted by Crippen LogP contribution is 2.23. The summed E-state index contributed by atoms with van der Waals surface area (Å²) in [6.07, 6.45) is 0. The van der Waals surface area contributed by atoms with E-state index in [1.165, 1.54) is 6.07 Å². The van der Waals surface area contributed by atoms with Crippen molar-refractivity contribution in [2.24, 2.45) is 0 Å². The van der Waals surface area contributed by atoms with Gasteiger partial charge in [-0.15, -0.1) is 0 Å². The first-order chi connectivity index (χ1) is 16.7. The molecule has 0 spiro atoms. The molecule has 3 rings (SSSR count). The molecular formula is C22H17N5O7S. The smallest absolute Gasteiger partial charge is 0.277 e. The fraction of sp³-hybridized carbons (Fsp3) is 0.0455. The van der Waals surface area contributed by atoms with Crippen LogP contribution in [-0.4, -0.2) is 26.8 Å². The number of hydrogen-bond acceptors (Lipinski definition) is 8. The highest BCUT2D eigenvalue weighted by atomic mass is 32.1. The number of non-ortho nitro benzene ring substituents is 2. The van der Waals surface area contributed by atoms with E-state index >= 15 is 0 Å². The Bertz CT molecular complexity index is 1270. The van der Waals surface area contributed by atoms with E-state index in [1.807, 2.05) is 30.3 Å². The number of carbonyl (C=O) groups is 2. The molecule has 0 saturated carbocycles. The van der Waals surface area contributed by atoms with E-state index in [-0.39, 0.29) is 22.8 Å². The number of amides is 2. The Morgan fingerprint density at radius 2 is 1.43 bits per heavy atom. The molecule has 12 nitrogen and oxygen atoms in total. The zero-order chi connectivity index (χ0) is 25.4. The maximum atomic E-state index is 12.6. The molecule has 3 N–H and O–H groups in total. The maximum Gasteiger partial charge on any atom is 0.277 e. The molecule has 0 aromatic heterocycles. The highest BCUT2D eigenvalue weighted by molar-refractivity contribution is 7.80. The van der Waals surface area contributed by atoms with Gasteiger partial charge in [0, 0.05) is 12.1 Å². The summed E-state index contributed by atoms with van der Waals surface area (Å²) in [6, 6.07) is 18.3. The molecule has 0 aliphatic rings. The molecule has 3 aromatic carbocycles. The topological polar surface area (TPSA) is 166 Å². The number of carbonyl (C=O) groups excluding carboxylic acids is 2. The Balaban J connectivity index is 1.61. The number of hydrazine groups is 1. The van der Waals surface area contributed by atoms with E-state index in [9.17, 15) is 29.8 Å². The Hall–Kier alpha value is -4.91. The zero-order valence-electron chi connectivity index (χ0n) is 17.8. The number of rotatable bonds is 7. The van der Waals surface area contributed by atoms with Crippen LogP contribution in [0.1, 0.15) is 26.3 Å². The van der Waals surface area contributed by atoms with E-state index in [4.69, 9.17) is 17.0 Å². The lowest BCUT2D eigenvalue weighted by molar-refractivity contribution is -0.394. The van der Waals surface area contributed by atoms with Crippen molar-refractivity contribution in [1.29, 1.82) is 0 Å². The quantitative estimate of drug-likeness (QED) is 0.254. The van der Waals surface area contributed by atoms with Gasteiger partial charge in [0.05, 0.1) is 27.0 Å². The number of thiocarbonyl (C=S) groups is 1. The average molecular weight is 495 g/mol. The lowest BCUT2D eigenvalue weighted by Gasteiger charge is -2.13. The minimum atomic E-state index is -0.949. The molecule has 178 valence electrons. The summed E-state index contributed by atoms with van der Waals surface area (Å²) in [5.74, 6) is -1.25. The van der Waals surface area contributed by atoms with Crippen molar-refractivity contribution in [2.45, 2.75) is 6.61 Å². The minimum Gasteiger partial charge on any atom is -0.488 e.